The highest BCUT2D eigenvalue weighted by atomic mass is 79.9. The van der Waals surface area contributed by atoms with Crippen LogP contribution in [0.5, 0.6) is 17.2 Å². The van der Waals surface area contributed by atoms with Crippen molar-refractivity contribution in [2.45, 2.75) is 0 Å². The second kappa shape index (κ2) is 3.73. The van der Waals surface area contributed by atoms with Crippen molar-refractivity contribution in [2.24, 2.45) is 0 Å². The summed E-state index contributed by atoms with van der Waals surface area (Å²) in [5, 5.41) is 0. The molecule has 1 aromatic rings. The van der Waals surface area contributed by atoms with Crippen LogP contribution in [0.4, 0.5) is 0 Å². The van der Waals surface area contributed by atoms with Crippen LogP contribution in [0.15, 0.2) is 10.5 Å². The molecule has 0 spiro atoms. The van der Waals surface area contributed by atoms with Crippen LogP contribution in [0, 0.1) is 0 Å². The summed E-state index contributed by atoms with van der Waals surface area (Å²) in [7, 11) is 3.05. The standard InChI is InChI=1S/C10H9BrO4/c1-13-6-3-7(14-2)9(11)10-8(6)5(12)4-15-10/h3H,4H2,1-2H3. The van der Waals surface area contributed by atoms with E-state index in [0.29, 0.717) is 27.3 Å². The Hall–Kier alpha value is -1.23. The highest BCUT2D eigenvalue weighted by molar-refractivity contribution is 9.10. The third-order valence-corrected chi connectivity index (χ3v) is 2.97. The van der Waals surface area contributed by atoms with Gasteiger partial charge >= 0.3 is 0 Å². The first-order valence-corrected chi connectivity index (χ1v) is 5.08. The molecule has 0 atom stereocenters. The van der Waals surface area contributed by atoms with Crippen LogP contribution in [0.2, 0.25) is 0 Å². The highest BCUT2D eigenvalue weighted by Gasteiger charge is 2.30. The molecular weight excluding hydrogens is 264 g/mol. The van der Waals surface area contributed by atoms with Crippen LogP contribution < -0.4 is 14.2 Å². The van der Waals surface area contributed by atoms with Crippen molar-refractivity contribution < 1.29 is 19.0 Å². The molecule has 1 aliphatic heterocycles. The topological polar surface area (TPSA) is 44.8 Å². The van der Waals surface area contributed by atoms with Gasteiger partial charge in [0.1, 0.15) is 21.5 Å². The van der Waals surface area contributed by atoms with Crippen molar-refractivity contribution >= 4 is 21.7 Å². The summed E-state index contributed by atoms with van der Waals surface area (Å²) < 4.78 is 16.2. The van der Waals surface area contributed by atoms with Crippen LogP contribution in [0.3, 0.4) is 0 Å². The normalized spacial score (nSPS) is 13.4. The van der Waals surface area contributed by atoms with E-state index in [0.717, 1.165) is 0 Å². The minimum Gasteiger partial charge on any atom is -0.496 e. The number of methoxy groups -OCH3 is 2. The highest BCUT2D eigenvalue weighted by Crippen LogP contribution is 2.45. The van der Waals surface area contributed by atoms with E-state index in [-0.39, 0.29) is 12.4 Å². The van der Waals surface area contributed by atoms with Crippen molar-refractivity contribution in [3.05, 3.63) is 16.1 Å². The van der Waals surface area contributed by atoms with Gasteiger partial charge in [-0.2, -0.15) is 0 Å². The summed E-state index contributed by atoms with van der Waals surface area (Å²) in [6, 6.07) is 1.66. The van der Waals surface area contributed by atoms with Crippen LogP contribution >= 0.6 is 15.9 Å². The summed E-state index contributed by atoms with van der Waals surface area (Å²) in [6.07, 6.45) is 0. The molecule has 15 heavy (non-hydrogen) atoms. The summed E-state index contributed by atoms with van der Waals surface area (Å²) in [5.41, 5.74) is 0.477. The molecule has 0 saturated carbocycles. The van der Waals surface area contributed by atoms with Gasteiger partial charge < -0.3 is 14.2 Å². The van der Waals surface area contributed by atoms with Gasteiger partial charge in [-0.1, -0.05) is 0 Å². The van der Waals surface area contributed by atoms with Crippen LogP contribution in [-0.4, -0.2) is 26.6 Å². The molecule has 0 bridgehead atoms. The van der Waals surface area contributed by atoms with Gasteiger partial charge in [-0.3, -0.25) is 4.79 Å². The maximum absolute atomic E-state index is 11.5. The smallest absolute Gasteiger partial charge is 0.207 e. The number of carbonyl (C=O) groups excluding carboxylic acids is 1. The fourth-order valence-corrected chi connectivity index (χ4v) is 2.10. The molecule has 0 radical (unpaired) electrons. The number of carbonyl (C=O) groups is 1. The summed E-state index contributed by atoms with van der Waals surface area (Å²) >= 11 is 3.33. The maximum Gasteiger partial charge on any atom is 0.207 e. The second-order valence-corrected chi connectivity index (χ2v) is 3.80. The van der Waals surface area contributed by atoms with Gasteiger partial charge in [-0.15, -0.1) is 0 Å². The number of ether oxygens (including phenoxy) is 3. The van der Waals surface area contributed by atoms with Crippen LogP contribution in [0.1, 0.15) is 10.4 Å². The van der Waals surface area contributed by atoms with E-state index in [1.54, 1.807) is 13.2 Å². The Morgan fingerprint density at radius 1 is 1.33 bits per heavy atom. The Morgan fingerprint density at radius 2 is 2.00 bits per heavy atom. The second-order valence-electron chi connectivity index (χ2n) is 3.01. The number of Topliss-reactive ketones (excluding diaryl/α,β-unsaturated/α-hetero) is 1. The number of ketones is 1. The van der Waals surface area contributed by atoms with Crippen molar-refractivity contribution in [3.8, 4) is 17.2 Å². The number of fused-ring (bicyclic) bond motifs is 1. The monoisotopic (exact) mass is 272 g/mol. The Kier molecular flexibility index (Phi) is 2.56. The van der Waals surface area contributed by atoms with Gasteiger partial charge in [0.25, 0.3) is 0 Å². The molecule has 0 unspecified atom stereocenters. The molecule has 0 fully saturated rings. The molecule has 0 N–H and O–H groups in total. The number of hydrogen-bond donors (Lipinski definition) is 0. The lowest BCUT2D eigenvalue weighted by atomic mass is 10.1. The third-order valence-electron chi connectivity index (χ3n) is 2.22. The van der Waals surface area contributed by atoms with E-state index in [4.69, 9.17) is 14.2 Å². The largest absolute Gasteiger partial charge is 0.496 e. The van der Waals surface area contributed by atoms with Crippen molar-refractivity contribution in [2.75, 3.05) is 20.8 Å². The predicted octanol–water partition coefficient (Wildman–Crippen LogP) is 2.04. The van der Waals surface area contributed by atoms with Crippen LogP contribution in [0.25, 0.3) is 0 Å². The van der Waals surface area contributed by atoms with E-state index >= 15 is 0 Å². The number of hydrogen-bond acceptors (Lipinski definition) is 4. The van der Waals surface area contributed by atoms with E-state index in [1.165, 1.54) is 7.11 Å². The molecule has 0 amide bonds. The Bertz CT molecular complexity index is 428. The SMILES string of the molecule is COc1cc(OC)c2c(c1Br)OCC2=O. The first-order chi connectivity index (χ1) is 7.19. The number of rotatable bonds is 2. The molecule has 0 saturated heterocycles. The van der Waals surface area contributed by atoms with Crippen molar-refractivity contribution in [1.29, 1.82) is 0 Å². The average Bonchev–Trinajstić information content (AvgIpc) is 2.63. The fraction of sp³-hybridized carbons (Fsp3) is 0.300. The van der Waals surface area contributed by atoms with Gasteiger partial charge in [-0.05, 0) is 15.9 Å². The minimum absolute atomic E-state index is 0.0530. The zero-order valence-corrected chi connectivity index (χ0v) is 9.88. The minimum atomic E-state index is -0.0785. The Labute approximate surface area is 95.3 Å². The average molecular weight is 273 g/mol. The molecule has 0 aliphatic carbocycles. The lowest BCUT2D eigenvalue weighted by Crippen LogP contribution is -2.01. The van der Waals surface area contributed by atoms with E-state index in [9.17, 15) is 4.79 Å². The molecule has 1 aromatic carbocycles. The fourth-order valence-electron chi connectivity index (χ4n) is 1.51. The van der Waals surface area contributed by atoms with Gasteiger partial charge in [0, 0.05) is 6.07 Å². The molecule has 0 aromatic heterocycles. The van der Waals surface area contributed by atoms with E-state index in [2.05, 4.69) is 15.9 Å². The Balaban J connectivity index is 2.69. The molecule has 5 heteroatoms. The zero-order valence-electron chi connectivity index (χ0n) is 8.30. The molecule has 1 aliphatic rings. The van der Waals surface area contributed by atoms with Gasteiger partial charge in [0.15, 0.2) is 12.4 Å². The summed E-state index contributed by atoms with van der Waals surface area (Å²) in [6.45, 7) is 0.0530. The van der Waals surface area contributed by atoms with Gasteiger partial charge in [0.2, 0.25) is 5.78 Å². The molecule has 1 heterocycles. The number of halogens is 1. The summed E-state index contributed by atoms with van der Waals surface area (Å²) in [4.78, 5) is 11.5. The zero-order chi connectivity index (χ0) is 11.0. The molecule has 4 nitrogen and oxygen atoms in total. The first kappa shape index (κ1) is 10.3. The quantitative estimate of drug-likeness (QED) is 0.827. The van der Waals surface area contributed by atoms with Gasteiger partial charge in [-0.25, -0.2) is 0 Å². The lowest BCUT2D eigenvalue weighted by Gasteiger charge is -2.10. The Morgan fingerprint density at radius 3 is 2.60 bits per heavy atom. The predicted molar refractivity (Wildman–Crippen MR) is 57.1 cm³/mol. The number of benzene rings is 1. The maximum atomic E-state index is 11.5. The van der Waals surface area contributed by atoms with Crippen molar-refractivity contribution in [1.82, 2.24) is 0 Å². The van der Waals surface area contributed by atoms with E-state index < -0.39 is 0 Å². The van der Waals surface area contributed by atoms with Crippen LogP contribution in [-0.2, 0) is 0 Å². The first-order valence-electron chi connectivity index (χ1n) is 4.29. The van der Waals surface area contributed by atoms with Gasteiger partial charge in [0.05, 0.1) is 14.2 Å². The summed E-state index contributed by atoms with van der Waals surface area (Å²) in [5.74, 6) is 1.48. The molecular formula is C10H9BrO4. The molecule has 2 rings (SSSR count). The van der Waals surface area contributed by atoms with E-state index in [1.807, 2.05) is 0 Å². The lowest BCUT2D eigenvalue weighted by molar-refractivity contribution is 0.0959. The molecule has 80 valence electrons. The third kappa shape index (κ3) is 1.47. The van der Waals surface area contributed by atoms with Crippen molar-refractivity contribution in [3.63, 3.8) is 0 Å².